The zero-order valence-electron chi connectivity index (χ0n) is 15.8. The van der Waals surface area contributed by atoms with Crippen LogP contribution >= 0.6 is 24.0 Å². The number of rotatable bonds is 6. The monoisotopic (exact) mass is 444 g/mol. The average Bonchev–Trinajstić information content (AvgIpc) is 2.34. The second-order valence-electron chi connectivity index (χ2n) is 6.43. The number of aliphatic imine (C=N–C) groups is 1. The first-order valence-electron chi connectivity index (χ1n) is 7.44. The molecule has 8 heteroatoms. The van der Waals surface area contributed by atoms with Crippen LogP contribution in [0, 0.1) is 0 Å². The maximum Gasteiger partial charge on any atom is 0.410 e. The summed E-state index contributed by atoms with van der Waals surface area (Å²) in [6, 6.07) is 0. The van der Waals surface area contributed by atoms with E-state index in [0.29, 0.717) is 26.2 Å². The number of hydrogen-bond acceptors (Lipinski definition) is 4. The van der Waals surface area contributed by atoms with Crippen LogP contribution in [0.5, 0.6) is 0 Å². The standard InChI is InChI=1S/C15H32N4O3.HI/c1-15(2,3)22-14(20)19(11-12-21-8)10-9-16-13(17(4)5)18(6)7;/h9-12H2,1-8H3;1H. The highest BCUT2D eigenvalue weighted by Crippen LogP contribution is 2.09. The Hall–Kier alpha value is -0.770. The van der Waals surface area contributed by atoms with Gasteiger partial charge in [-0.3, -0.25) is 4.99 Å². The summed E-state index contributed by atoms with van der Waals surface area (Å²) >= 11 is 0. The van der Waals surface area contributed by atoms with E-state index in [-0.39, 0.29) is 30.1 Å². The Balaban J connectivity index is 0. The van der Waals surface area contributed by atoms with Gasteiger partial charge in [-0.05, 0) is 20.8 Å². The molecule has 0 radical (unpaired) electrons. The number of amides is 1. The molecular formula is C15H33IN4O3. The van der Waals surface area contributed by atoms with E-state index in [9.17, 15) is 4.79 Å². The summed E-state index contributed by atoms with van der Waals surface area (Å²) in [5, 5.41) is 0. The van der Waals surface area contributed by atoms with Gasteiger partial charge >= 0.3 is 6.09 Å². The van der Waals surface area contributed by atoms with Crippen molar-refractivity contribution in [2.75, 3.05) is 61.5 Å². The molecule has 0 aliphatic heterocycles. The van der Waals surface area contributed by atoms with Gasteiger partial charge < -0.3 is 24.2 Å². The van der Waals surface area contributed by atoms with E-state index in [2.05, 4.69) is 4.99 Å². The van der Waals surface area contributed by atoms with Crippen molar-refractivity contribution in [3.05, 3.63) is 0 Å². The number of methoxy groups -OCH3 is 1. The molecule has 23 heavy (non-hydrogen) atoms. The molecule has 0 aromatic rings. The highest BCUT2D eigenvalue weighted by Gasteiger charge is 2.21. The molecule has 0 fully saturated rings. The van der Waals surface area contributed by atoms with E-state index in [0.717, 1.165) is 5.96 Å². The lowest BCUT2D eigenvalue weighted by Crippen LogP contribution is -2.41. The molecule has 0 spiro atoms. The smallest absolute Gasteiger partial charge is 0.410 e. The highest BCUT2D eigenvalue weighted by molar-refractivity contribution is 14.0. The summed E-state index contributed by atoms with van der Waals surface area (Å²) in [6.07, 6.45) is -0.337. The lowest BCUT2D eigenvalue weighted by Gasteiger charge is -2.27. The van der Waals surface area contributed by atoms with E-state index in [1.54, 1.807) is 12.0 Å². The van der Waals surface area contributed by atoms with Crippen molar-refractivity contribution in [3.63, 3.8) is 0 Å². The molecule has 0 aromatic heterocycles. The normalized spacial score (nSPS) is 10.4. The first-order chi connectivity index (χ1) is 10.1. The van der Waals surface area contributed by atoms with Gasteiger partial charge in [0.25, 0.3) is 0 Å². The zero-order chi connectivity index (χ0) is 17.3. The van der Waals surface area contributed by atoms with Crippen molar-refractivity contribution in [1.82, 2.24) is 14.7 Å². The van der Waals surface area contributed by atoms with Crippen molar-refractivity contribution in [2.45, 2.75) is 26.4 Å². The predicted octanol–water partition coefficient (Wildman–Crippen LogP) is 1.97. The average molecular weight is 444 g/mol. The third-order valence-electron chi connectivity index (χ3n) is 2.64. The zero-order valence-corrected chi connectivity index (χ0v) is 18.1. The van der Waals surface area contributed by atoms with E-state index < -0.39 is 5.60 Å². The summed E-state index contributed by atoms with van der Waals surface area (Å²) in [4.78, 5) is 22.2. The summed E-state index contributed by atoms with van der Waals surface area (Å²) < 4.78 is 10.5. The van der Waals surface area contributed by atoms with Crippen LogP contribution < -0.4 is 0 Å². The quantitative estimate of drug-likeness (QED) is 0.356. The molecule has 0 aromatic carbocycles. The maximum absolute atomic E-state index is 12.2. The Morgan fingerprint density at radius 3 is 1.96 bits per heavy atom. The van der Waals surface area contributed by atoms with Crippen LogP contribution in [0.25, 0.3) is 0 Å². The van der Waals surface area contributed by atoms with Gasteiger partial charge in [-0.1, -0.05) is 0 Å². The number of guanidine groups is 1. The fraction of sp³-hybridized carbons (Fsp3) is 0.867. The molecular weight excluding hydrogens is 411 g/mol. The lowest BCUT2D eigenvalue weighted by molar-refractivity contribution is 0.0208. The van der Waals surface area contributed by atoms with Gasteiger partial charge in [-0.2, -0.15) is 0 Å². The van der Waals surface area contributed by atoms with Crippen LogP contribution in [-0.2, 0) is 9.47 Å². The van der Waals surface area contributed by atoms with E-state index in [1.165, 1.54) is 0 Å². The van der Waals surface area contributed by atoms with E-state index in [4.69, 9.17) is 9.47 Å². The Labute approximate surface area is 158 Å². The first-order valence-corrected chi connectivity index (χ1v) is 7.44. The van der Waals surface area contributed by atoms with E-state index >= 15 is 0 Å². The molecule has 138 valence electrons. The molecule has 0 aliphatic carbocycles. The Morgan fingerprint density at radius 2 is 1.57 bits per heavy atom. The van der Waals surface area contributed by atoms with Crippen LogP contribution in [0.4, 0.5) is 4.79 Å². The highest BCUT2D eigenvalue weighted by atomic mass is 127. The fourth-order valence-electron chi connectivity index (χ4n) is 1.78. The molecule has 0 rings (SSSR count). The fourth-order valence-corrected chi connectivity index (χ4v) is 1.78. The van der Waals surface area contributed by atoms with E-state index in [1.807, 2.05) is 58.8 Å². The number of hydrogen-bond donors (Lipinski definition) is 0. The predicted molar refractivity (Wildman–Crippen MR) is 105 cm³/mol. The van der Waals surface area contributed by atoms with Crippen molar-refractivity contribution in [2.24, 2.45) is 4.99 Å². The van der Waals surface area contributed by atoms with Gasteiger partial charge in [-0.25, -0.2) is 4.79 Å². The van der Waals surface area contributed by atoms with Gasteiger partial charge in [0.2, 0.25) is 0 Å². The number of carbonyl (C=O) groups is 1. The van der Waals surface area contributed by atoms with Gasteiger partial charge in [0, 0.05) is 48.4 Å². The Kier molecular flexibility index (Phi) is 12.5. The van der Waals surface area contributed by atoms with Gasteiger partial charge in [0.1, 0.15) is 5.60 Å². The van der Waals surface area contributed by atoms with Crippen LogP contribution in [0.1, 0.15) is 20.8 Å². The molecule has 0 unspecified atom stereocenters. The van der Waals surface area contributed by atoms with Crippen LogP contribution in [0.2, 0.25) is 0 Å². The van der Waals surface area contributed by atoms with Crippen LogP contribution in [0.15, 0.2) is 4.99 Å². The molecule has 0 N–H and O–H groups in total. The Morgan fingerprint density at radius 1 is 1.04 bits per heavy atom. The molecule has 7 nitrogen and oxygen atoms in total. The number of carbonyl (C=O) groups excluding carboxylic acids is 1. The Bertz CT molecular complexity index is 358. The molecule has 0 saturated carbocycles. The number of halogens is 1. The summed E-state index contributed by atoms with van der Waals surface area (Å²) in [5.41, 5.74) is -0.510. The molecule has 0 saturated heterocycles. The summed E-state index contributed by atoms with van der Waals surface area (Å²) in [5.74, 6) is 0.857. The molecule has 0 heterocycles. The molecule has 0 atom stereocenters. The molecule has 0 bridgehead atoms. The van der Waals surface area contributed by atoms with Crippen molar-refractivity contribution >= 4 is 36.0 Å². The van der Waals surface area contributed by atoms with Crippen molar-refractivity contribution in [1.29, 1.82) is 0 Å². The minimum absolute atomic E-state index is 0. The second-order valence-corrected chi connectivity index (χ2v) is 6.43. The minimum atomic E-state index is -0.510. The maximum atomic E-state index is 12.2. The first kappa shape index (κ1) is 24.5. The number of nitrogens with zero attached hydrogens (tertiary/aromatic N) is 4. The van der Waals surface area contributed by atoms with Gasteiger partial charge in [-0.15, -0.1) is 24.0 Å². The SMILES string of the molecule is COCCN(CCN=C(N(C)C)N(C)C)C(=O)OC(C)(C)C.I. The third-order valence-corrected chi connectivity index (χ3v) is 2.64. The summed E-state index contributed by atoms with van der Waals surface area (Å²) in [7, 11) is 9.37. The molecule has 1 amide bonds. The largest absolute Gasteiger partial charge is 0.444 e. The van der Waals surface area contributed by atoms with Crippen molar-refractivity contribution in [3.8, 4) is 0 Å². The van der Waals surface area contributed by atoms with Gasteiger partial charge in [0.05, 0.1) is 13.2 Å². The van der Waals surface area contributed by atoms with Crippen LogP contribution in [-0.4, -0.2) is 93.9 Å². The topological polar surface area (TPSA) is 57.6 Å². The lowest BCUT2D eigenvalue weighted by atomic mass is 10.2. The minimum Gasteiger partial charge on any atom is -0.444 e. The summed E-state index contributed by atoms with van der Waals surface area (Å²) in [6.45, 7) is 7.52. The van der Waals surface area contributed by atoms with Crippen LogP contribution in [0.3, 0.4) is 0 Å². The second kappa shape index (κ2) is 11.7. The molecule has 0 aliphatic rings. The third kappa shape index (κ3) is 11.4. The van der Waals surface area contributed by atoms with Crippen molar-refractivity contribution < 1.29 is 14.3 Å². The number of ether oxygens (including phenoxy) is 2. The van der Waals surface area contributed by atoms with Gasteiger partial charge in [0.15, 0.2) is 5.96 Å².